The van der Waals surface area contributed by atoms with Crippen LogP contribution in [0.2, 0.25) is 5.02 Å². The van der Waals surface area contributed by atoms with Gasteiger partial charge in [0.15, 0.2) is 9.84 Å². The van der Waals surface area contributed by atoms with E-state index in [1.165, 1.54) is 18.2 Å². The van der Waals surface area contributed by atoms with Crippen molar-refractivity contribution in [2.24, 2.45) is 0 Å². The van der Waals surface area contributed by atoms with Crippen LogP contribution in [0.4, 0.5) is 17.6 Å². The smallest absolute Gasteiger partial charge is 0.416 e. The zero-order chi connectivity index (χ0) is 24.4. The Kier molecular flexibility index (Phi) is 6.99. The van der Waals surface area contributed by atoms with Crippen LogP contribution < -0.4 is 4.74 Å². The number of rotatable bonds is 7. The van der Waals surface area contributed by atoms with Gasteiger partial charge in [-0.3, -0.25) is 4.79 Å². The zero-order valence-corrected chi connectivity index (χ0v) is 18.1. The van der Waals surface area contributed by atoms with E-state index in [4.69, 9.17) is 21.4 Å². The Morgan fingerprint density at radius 2 is 1.73 bits per heavy atom. The molecule has 1 N–H and O–H groups in total. The molecule has 0 aliphatic heterocycles. The third-order valence-corrected chi connectivity index (χ3v) is 6.40. The fourth-order valence-electron chi connectivity index (χ4n) is 2.95. The van der Waals surface area contributed by atoms with Crippen molar-refractivity contribution < 1.29 is 40.6 Å². The Balaban J connectivity index is 1.90. The van der Waals surface area contributed by atoms with Crippen LogP contribution in [0, 0.1) is 5.82 Å². The molecule has 0 spiro atoms. The van der Waals surface area contributed by atoms with Crippen LogP contribution in [0.25, 0.3) is 0 Å². The summed E-state index contributed by atoms with van der Waals surface area (Å²) in [7, 11) is -3.99. The summed E-state index contributed by atoms with van der Waals surface area (Å²) in [5.41, 5.74) is -1.30. The van der Waals surface area contributed by atoms with Crippen molar-refractivity contribution in [3.63, 3.8) is 0 Å². The quantitative estimate of drug-likeness (QED) is 0.407. The number of alkyl halides is 3. The number of benzene rings is 3. The van der Waals surface area contributed by atoms with Gasteiger partial charge in [0.25, 0.3) is 0 Å². The summed E-state index contributed by atoms with van der Waals surface area (Å²) < 4.78 is 84.0. The molecule has 0 bridgehead atoms. The van der Waals surface area contributed by atoms with E-state index in [-0.39, 0.29) is 32.5 Å². The van der Waals surface area contributed by atoms with Gasteiger partial charge in [-0.15, -0.1) is 0 Å². The van der Waals surface area contributed by atoms with Gasteiger partial charge >= 0.3 is 12.1 Å². The highest BCUT2D eigenvalue weighted by molar-refractivity contribution is 7.90. The van der Waals surface area contributed by atoms with Gasteiger partial charge in [-0.05, 0) is 48.0 Å². The number of hydrogen-bond acceptors (Lipinski definition) is 4. The molecule has 0 radical (unpaired) electrons. The molecule has 0 aromatic heterocycles. The predicted molar refractivity (Wildman–Crippen MR) is 112 cm³/mol. The van der Waals surface area contributed by atoms with Crippen molar-refractivity contribution in [3.8, 4) is 11.5 Å². The number of halogens is 5. The molecule has 0 fully saturated rings. The molecule has 0 atom stereocenters. The maximum atomic E-state index is 13.8. The fraction of sp³-hybridized carbons (Fsp3) is 0.136. The van der Waals surface area contributed by atoms with Crippen LogP contribution in [0.15, 0.2) is 65.6 Å². The lowest BCUT2D eigenvalue weighted by Crippen LogP contribution is -2.08. The number of ether oxygens (including phenoxy) is 1. The monoisotopic (exact) mass is 502 g/mol. The highest BCUT2D eigenvalue weighted by Gasteiger charge is 2.32. The van der Waals surface area contributed by atoms with E-state index in [0.717, 1.165) is 30.3 Å². The standard InChI is InChI=1S/C22H15ClF4O5S/c23-18-11-17(33(30,31)12-14-3-1-2-4-19(14)24)5-6-20(18)32-16-8-13(9-21(28)29)7-15(10-16)22(25,26)27/h1-8,10-11H,9,12H2,(H,28,29). The highest BCUT2D eigenvalue weighted by atomic mass is 35.5. The van der Waals surface area contributed by atoms with Crippen LogP contribution >= 0.6 is 11.6 Å². The predicted octanol–water partition coefficient (Wildman–Crippen LogP) is 5.89. The second-order valence-electron chi connectivity index (χ2n) is 6.98. The number of carbonyl (C=O) groups is 1. The minimum absolute atomic E-state index is 0.0381. The summed E-state index contributed by atoms with van der Waals surface area (Å²) in [5, 5.41) is 8.67. The van der Waals surface area contributed by atoms with Crippen molar-refractivity contribution in [2.45, 2.75) is 23.2 Å². The molecule has 3 aromatic carbocycles. The summed E-state index contributed by atoms with van der Waals surface area (Å²) in [5.74, 6) is -3.12. The number of hydrogen-bond donors (Lipinski definition) is 1. The number of sulfone groups is 1. The Morgan fingerprint density at radius 1 is 1.03 bits per heavy atom. The van der Waals surface area contributed by atoms with Crippen molar-refractivity contribution in [2.75, 3.05) is 0 Å². The molecule has 174 valence electrons. The van der Waals surface area contributed by atoms with Crippen LogP contribution in [0.1, 0.15) is 16.7 Å². The minimum Gasteiger partial charge on any atom is -0.481 e. The molecular weight excluding hydrogens is 488 g/mol. The Morgan fingerprint density at radius 3 is 2.33 bits per heavy atom. The van der Waals surface area contributed by atoms with Gasteiger partial charge in [-0.2, -0.15) is 13.2 Å². The molecule has 0 saturated carbocycles. The molecule has 5 nitrogen and oxygen atoms in total. The maximum absolute atomic E-state index is 13.8. The molecule has 0 aliphatic rings. The SMILES string of the molecule is O=C(O)Cc1cc(Oc2ccc(S(=O)(=O)Cc3ccccc3F)cc2Cl)cc(C(F)(F)F)c1. The van der Waals surface area contributed by atoms with Crippen molar-refractivity contribution in [1.82, 2.24) is 0 Å². The van der Waals surface area contributed by atoms with E-state index >= 15 is 0 Å². The summed E-state index contributed by atoms with van der Waals surface area (Å²) in [6.07, 6.45) is -5.41. The van der Waals surface area contributed by atoms with Crippen LogP contribution in [-0.4, -0.2) is 19.5 Å². The first kappa shape index (κ1) is 24.5. The normalized spacial score (nSPS) is 11.9. The van der Waals surface area contributed by atoms with Crippen molar-refractivity contribution in [3.05, 3.63) is 88.2 Å². The lowest BCUT2D eigenvalue weighted by atomic mass is 10.1. The molecule has 0 amide bonds. The molecular formula is C22H15ClF4O5S. The topological polar surface area (TPSA) is 80.7 Å². The van der Waals surface area contributed by atoms with Crippen LogP contribution in [0.3, 0.4) is 0 Å². The average Bonchev–Trinajstić information content (AvgIpc) is 2.70. The van der Waals surface area contributed by atoms with E-state index in [1.807, 2.05) is 0 Å². The third-order valence-electron chi connectivity index (χ3n) is 4.44. The largest absolute Gasteiger partial charge is 0.481 e. The Bertz CT molecular complexity index is 1310. The molecule has 3 rings (SSSR count). The van der Waals surface area contributed by atoms with E-state index in [2.05, 4.69) is 0 Å². The third kappa shape index (κ3) is 6.23. The highest BCUT2D eigenvalue weighted by Crippen LogP contribution is 2.37. The second kappa shape index (κ2) is 9.40. The average molecular weight is 503 g/mol. The number of carboxylic acids is 1. The Hall–Kier alpha value is -3.11. The summed E-state index contributed by atoms with van der Waals surface area (Å²) >= 11 is 6.09. The van der Waals surface area contributed by atoms with Gasteiger partial charge in [0.2, 0.25) is 0 Å². The van der Waals surface area contributed by atoms with Gasteiger partial charge < -0.3 is 9.84 Å². The van der Waals surface area contributed by atoms with E-state index in [1.54, 1.807) is 0 Å². The van der Waals surface area contributed by atoms with Gasteiger partial charge in [-0.1, -0.05) is 29.8 Å². The second-order valence-corrected chi connectivity index (χ2v) is 9.38. The van der Waals surface area contributed by atoms with E-state index in [9.17, 15) is 30.8 Å². The molecule has 0 unspecified atom stereocenters. The first-order valence-corrected chi connectivity index (χ1v) is 11.2. The summed E-state index contributed by atoms with van der Waals surface area (Å²) in [6.45, 7) is 0. The lowest BCUT2D eigenvalue weighted by molar-refractivity contribution is -0.138. The Labute approximate surface area is 191 Å². The fourth-order valence-corrected chi connectivity index (χ4v) is 4.62. The summed E-state index contributed by atoms with van der Waals surface area (Å²) in [4.78, 5) is 10.7. The van der Waals surface area contributed by atoms with Gasteiger partial charge in [0.05, 0.1) is 27.7 Å². The van der Waals surface area contributed by atoms with Gasteiger partial charge in [0, 0.05) is 5.56 Å². The molecule has 0 saturated heterocycles. The first-order valence-electron chi connectivity index (χ1n) is 9.22. The number of aliphatic carboxylic acids is 1. The van der Waals surface area contributed by atoms with Crippen LogP contribution in [-0.2, 0) is 33.0 Å². The molecule has 33 heavy (non-hydrogen) atoms. The molecule has 0 heterocycles. The van der Waals surface area contributed by atoms with Crippen LogP contribution in [0.5, 0.6) is 11.5 Å². The molecule has 11 heteroatoms. The van der Waals surface area contributed by atoms with E-state index in [0.29, 0.717) is 12.1 Å². The van der Waals surface area contributed by atoms with Gasteiger partial charge in [-0.25, -0.2) is 12.8 Å². The lowest BCUT2D eigenvalue weighted by Gasteiger charge is -2.14. The zero-order valence-electron chi connectivity index (χ0n) is 16.6. The van der Waals surface area contributed by atoms with E-state index < -0.39 is 45.5 Å². The maximum Gasteiger partial charge on any atom is 0.416 e. The molecule has 3 aromatic rings. The van der Waals surface area contributed by atoms with Crippen molar-refractivity contribution in [1.29, 1.82) is 0 Å². The van der Waals surface area contributed by atoms with Gasteiger partial charge in [0.1, 0.15) is 17.3 Å². The number of carboxylic acid groups (broad SMARTS) is 1. The minimum atomic E-state index is -4.75. The summed E-state index contributed by atoms with van der Waals surface area (Å²) in [6, 6.07) is 11.2. The first-order chi connectivity index (χ1) is 15.3. The van der Waals surface area contributed by atoms with Crippen molar-refractivity contribution >= 4 is 27.4 Å². The molecule has 0 aliphatic carbocycles.